The third-order valence-corrected chi connectivity index (χ3v) is 6.51. The second-order valence-electron chi connectivity index (χ2n) is 6.88. The van der Waals surface area contributed by atoms with Crippen LogP contribution < -0.4 is 5.32 Å². The van der Waals surface area contributed by atoms with Crippen LogP contribution >= 0.6 is 0 Å². The zero-order chi connectivity index (χ0) is 18.9. The van der Waals surface area contributed by atoms with Crippen LogP contribution in [0, 0.1) is 5.82 Å². The molecule has 1 N–H and O–H groups in total. The summed E-state index contributed by atoms with van der Waals surface area (Å²) in [4.78, 5) is 12.7. The van der Waals surface area contributed by atoms with Gasteiger partial charge in [0.15, 0.2) is 9.84 Å². The van der Waals surface area contributed by atoms with Crippen LogP contribution in [0.15, 0.2) is 48.5 Å². The monoisotopic (exact) mass is 375 g/mol. The van der Waals surface area contributed by atoms with Crippen LogP contribution in [0.1, 0.15) is 41.2 Å². The molecule has 1 aliphatic rings. The van der Waals surface area contributed by atoms with Gasteiger partial charge in [0.05, 0.1) is 12.0 Å². The molecule has 3 atom stereocenters. The van der Waals surface area contributed by atoms with Gasteiger partial charge in [-0.05, 0) is 48.6 Å². The van der Waals surface area contributed by atoms with Gasteiger partial charge in [-0.3, -0.25) is 4.79 Å². The van der Waals surface area contributed by atoms with Crippen molar-refractivity contribution in [2.24, 2.45) is 0 Å². The van der Waals surface area contributed by atoms with E-state index in [1.807, 2.05) is 24.3 Å². The molecule has 26 heavy (non-hydrogen) atoms. The summed E-state index contributed by atoms with van der Waals surface area (Å²) < 4.78 is 37.9. The highest BCUT2D eigenvalue weighted by Crippen LogP contribution is 2.35. The molecule has 1 amide bonds. The normalized spacial score (nSPS) is 20.9. The predicted molar refractivity (Wildman–Crippen MR) is 99.1 cm³/mol. The Morgan fingerprint density at radius 2 is 1.81 bits per heavy atom. The topological polar surface area (TPSA) is 63.2 Å². The minimum Gasteiger partial charge on any atom is -0.351 e. The van der Waals surface area contributed by atoms with Crippen LogP contribution in [0.25, 0.3) is 0 Å². The highest BCUT2D eigenvalue weighted by molar-refractivity contribution is 7.91. The molecule has 0 fully saturated rings. The zero-order valence-corrected chi connectivity index (χ0v) is 15.6. The maximum absolute atomic E-state index is 13.1. The lowest BCUT2D eigenvalue weighted by molar-refractivity contribution is -0.123. The van der Waals surface area contributed by atoms with Crippen LogP contribution in [0.5, 0.6) is 0 Å². The van der Waals surface area contributed by atoms with Crippen LogP contribution in [-0.4, -0.2) is 26.6 Å². The van der Waals surface area contributed by atoms with E-state index in [-0.39, 0.29) is 11.7 Å². The molecule has 0 heterocycles. The number of fused-ring (bicyclic) bond motifs is 1. The number of sulfone groups is 1. The SMILES string of the molecule is C[C@H](C(=O)N[C@@H]1CCc2ccccc2[C@H]1S(C)(=O)=O)c1ccc(F)cc1. The fourth-order valence-corrected chi connectivity index (χ4v) is 5.10. The van der Waals surface area contributed by atoms with Gasteiger partial charge >= 0.3 is 0 Å². The van der Waals surface area contributed by atoms with Gasteiger partial charge < -0.3 is 5.32 Å². The maximum Gasteiger partial charge on any atom is 0.227 e. The average Bonchev–Trinajstić information content (AvgIpc) is 2.60. The molecular weight excluding hydrogens is 353 g/mol. The number of hydrogen-bond acceptors (Lipinski definition) is 3. The summed E-state index contributed by atoms with van der Waals surface area (Å²) in [7, 11) is -3.39. The first-order valence-corrected chi connectivity index (χ1v) is 10.6. The Morgan fingerprint density at radius 1 is 1.15 bits per heavy atom. The van der Waals surface area contributed by atoms with Gasteiger partial charge in [0.25, 0.3) is 0 Å². The van der Waals surface area contributed by atoms with E-state index in [0.29, 0.717) is 12.0 Å². The fraction of sp³-hybridized carbons (Fsp3) is 0.350. The predicted octanol–water partition coefficient (Wildman–Crippen LogP) is 3.15. The van der Waals surface area contributed by atoms with E-state index in [4.69, 9.17) is 0 Å². The Kier molecular flexibility index (Phi) is 5.14. The number of benzene rings is 2. The minimum atomic E-state index is -3.39. The van der Waals surface area contributed by atoms with E-state index in [1.54, 1.807) is 19.1 Å². The van der Waals surface area contributed by atoms with Crippen LogP contribution in [0.3, 0.4) is 0 Å². The molecule has 0 spiro atoms. The molecule has 0 radical (unpaired) electrons. The van der Waals surface area contributed by atoms with Gasteiger partial charge in [-0.2, -0.15) is 0 Å². The average molecular weight is 375 g/mol. The summed E-state index contributed by atoms with van der Waals surface area (Å²) >= 11 is 0. The van der Waals surface area contributed by atoms with Crippen molar-refractivity contribution < 1.29 is 17.6 Å². The van der Waals surface area contributed by atoms with Crippen LogP contribution in [-0.2, 0) is 21.1 Å². The van der Waals surface area contributed by atoms with E-state index in [1.165, 1.54) is 18.4 Å². The third kappa shape index (κ3) is 3.80. The number of carbonyl (C=O) groups is 1. The number of aryl methyl sites for hydroxylation is 1. The molecule has 0 saturated carbocycles. The van der Waals surface area contributed by atoms with E-state index in [9.17, 15) is 17.6 Å². The molecule has 6 heteroatoms. The quantitative estimate of drug-likeness (QED) is 0.893. The Hall–Kier alpha value is -2.21. The summed E-state index contributed by atoms with van der Waals surface area (Å²) in [6.45, 7) is 1.73. The number of nitrogens with one attached hydrogen (secondary N) is 1. The second-order valence-corrected chi connectivity index (χ2v) is 9.04. The van der Waals surface area contributed by atoms with E-state index in [2.05, 4.69) is 5.32 Å². The van der Waals surface area contributed by atoms with Crippen molar-refractivity contribution in [3.63, 3.8) is 0 Å². The van der Waals surface area contributed by atoms with E-state index < -0.39 is 27.0 Å². The van der Waals surface area contributed by atoms with Crippen LogP contribution in [0.2, 0.25) is 0 Å². The highest BCUT2D eigenvalue weighted by Gasteiger charge is 2.37. The van der Waals surface area contributed by atoms with Crippen molar-refractivity contribution in [2.45, 2.75) is 37.0 Å². The Morgan fingerprint density at radius 3 is 2.46 bits per heavy atom. The summed E-state index contributed by atoms with van der Waals surface area (Å²) in [6.07, 6.45) is 2.50. The highest BCUT2D eigenvalue weighted by atomic mass is 32.2. The molecule has 2 aromatic rings. The smallest absolute Gasteiger partial charge is 0.227 e. The number of halogens is 1. The van der Waals surface area contributed by atoms with Crippen molar-refractivity contribution in [1.29, 1.82) is 0 Å². The first-order chi connectivity index (χ1) is 12.3. The maximum atomic E-state index is 13.1. The number of carbonyl (C=O) groups excluding carboxylic acids is 1. The lowest BCUT2D eigenvalue weighted by Crippen LogP contribution is -2.45. The van der Waals surface area contributed by atoms with Crippen LogP contribution in [0.4, 0.5) is 4.39 Å². The first kappa shape index (κ1) is 18.6. The molecule has 0 unspecified atom stereocenters. The first-order valence-electron chi connectivity index (χ1n) is 8.60. The number of hydrogen-bond donors (Lipinski definition) is 1. The Bertz CT molecular complexity index is 909. The summed E-state index contributed by atoms with van der Waals surface area (Å²) in [6, 6.07) is 12.8. The van der Waals surface area contributed by atoms with Crippen molar-refractivity contribution >= 4 is 15.7 Å². The van der Waals surface area contributed by atoms with Gasteiger partial charge in [-0.1, -0.05) is 36.4 Å². The molecule has 0 aliphatic heterocycles. The Labute approximate surface area is 153 Å². The summed E-state index contributed by atoms with van der Waals surface area (Å²) in [5.41, 5.74) is 2.47. The summed E-state index contributed by atoms with van der Waals surface area (Å²) in [5, 5.41) is 2.16. The molecule has 2 aromatic carbocycles. The number of rotatable bonds is 4. The molecule has 4 nitrogen and oxygen atoms in total. The van der Waals surface area contributed by atoms with Gasteiger partial charge in [-0.15, -0.1) is 0 Å². The molecular formula is C20H22FNO3S. The fourth-order valence-electron chi connectivity index (χ4n) is 3.61. The lowest BCUT2D eigenvalue weighted by atomic mass is 9.87. The third-order valence-electron chi connectivity index (χ3n) is 5.00. The second kappa shape index (κ2) is 7.19. The summed E-state index contributed by atoms with van der Waals surface area (Å²) in [5.74, 6) is -1.11. The molecule has 0 aromatic heterocycles. The standard InChI is InChI=1S/C20H22FNO3S/c1-13(14-7-10-16(21)11-8-14)20(23)22-18-12-9-15-5-3-4-6-17(15)19(18)26(2,24)25/h3-8,10-11,13,18-19H,9,12H2,1-2H3,(H,22,23)/t13-,18+,19+/m0/s1. The van der Waals surface area contributed by atoms with E-state index in [0.717, 1.165) is 17.5 Å². The molecule has 3 rings (SSSR count). The number of amides is 1. The van der Waals surface area contributed by atoms with Gasteiger partial charge in [0.1, 0.15) is 11.1 Å². The van der Waals surface area contributed by atoms with Crippen molar-refractivity contribution in [1.82, 2.24) is 5.32 Å². The largest absolute Gasteiger partial charge is 0.351 e. The lowest BCUT2D eigenvalue weighted by Gasteiger charge is -2.33. The van der Waals surface area contributed by atoms with Crippen molar-refractivity contribution in [2.75, 3.05) is 6.26 Å². The molecule has 1 aliphatic carbocycles. The minimum absolute atomic E-state index is 0.255. The Balaban J connectivity index is 1.84. The van der Waals surface area contributed by atoms with Gasteiger partial charge in [0.2, 0.25) is 5.91 Å². The molecule has 0 saturated heterocycles. The molecule has 138 valence electrons. The van der Waals surface area contributed by atoms with Gasteiger partial charge in [-0.25, -0.2) is 12.8 Å². The van der Waals surface area contributed by atoms with Gasteiger partial charge in [0, 0.05) is 6.26 Å². The molecule has 0 bridgehead atoms. The van der Waals surface area contributed by atoms with Crippen molar-refractivity contribution in [3.05, 3.63) is 71.0 Å². The van der Waals surface area contributed by atoms with E-state index >= 15 is 0 Å². The van der Waals surface area contributed by atoms with Crippen molar-refractivity contribution in [3.8, 4) is 0 Å². The zero-order valence-electron chi connectivity index (χ0n) is 14.8.